The van der Waals surface area contributed by atoms with E-state index in [0.29, 0.717) is 29.9 Å². The first-order chi connectivity index (χ1) is 8.19. The molecule has 0 heterocycles. The molecule has 17 heavy (non-hydrogen) atoms. The molecule has 1 aromatic carbocycles. The van der Waals surface area contributed by atoms with Gasteiger partial charge in [0, 0.05) is 7.11 Å². The Kier molecular flexibility index (Phi) is 6.85. The highest BCUT2D eigenvalue weighted by Crippen LogP contribution is 2.25. The molecule has 0 bridgehead atoms. The molecule has 3 nitrogen and oxygen atoms in total. The monoisotopic (exact) mass is 277 g/mol. The van der Waals surface area contributed by atoms with Gasteiger partial charge in [0.25, 0.3) is 0 Å². The molecule has 96 valence electrons. The fourth-order valence-electron chi connectivity index (χ4n) is 1.42. The summed E-state index contributed by atoms with van der Waals surface area (Å²) in [5.41, 5.74) is 1.05. The van der Waals surface area contributed by atoms with Crippen LogP contribution in [0.15, 0.2) is 18.2 Å². The number of benzene rings is 1. The van der Waals surface area contributed by atoms with Gasteiger partial charge in [0.15, 0.2) is 0 Å². The van der Waals surface area contributed by atoms with Crippen molar-refractivity contribution in [3.63, 3.8) is 0 Å². The average Bonchev–Trinajstić information content (AvgIpc) is 2.33. The molecule has 0 amide bonds. The molecule has 1 rings (SSSR count). The van der Waals surface area contributed by atoms with E-state index >= 15 is 0 Å². The Labute approximate surface area is 112 Å². The lowest BCUT2D eigenvalue weighted by Gasteiger charge is -2.17. The molecule has 1 unspecified atom stereocenters. The van der Waals surface area contributed by atoms with Gasteiger partial charge in [0.05, 0.1) is 35.9 Å². The molecule has 1 aromatic rings. The van der Waals surface area contributed by atoms with E-state index in [1.807, 2.05) is 19.2 Å². The van der Waals surface area contributed by atoms with Crippen LogP contribution in [-0.2, 0) is 9.47 Å². The van der Waals surface area contributed by atoms with Crippen LogP contribution in [0.3, 0.4) is 0 Å². The van der Waals surface area contributed by atoms with Crippen molar-refractivity contribution in [3.05, 3.63) is 33.8 Å². The van der Waals surface area contributed by atoms with Crippen molar-refractivity contribution in [1.29, 1.82) is 0 Å². The Bertz CT molecular complexity index is 347. The first-order valence-electron chi connectivity index (χ1n) is 5.38. The molecular formula is C12H17Cl2NO2. The maximum absolute atomic E-state index is 5.98. The molecule has 0 aliphatic carbocycles. The molecule has 0 spiro atoms. The summed E-state index contributed by atoms with van der Waals surface area (Å²) in [4.78, 5) is 0. The normalized spacial score (nSPS) is 12.7. The number of methoxy groups -OCH3 is 1. The lowest BCUT2D eigenvalue weighted by Crippen LogP contribution is -2.22. The molecular weight excluding hydrogens is 261 g/mol. The van der Waals surface area contributed by atoms with E-state index in [2.05, 4.69) is 5.32 Å². The lowest BCUT2D eigenvalue weighted by molar-refractivity contribution is 0.0596. The van der Waals surface area contributed by atoms with Gasteiger partial charge in [-0.25, -0.2) is 0 Å². The van der Waals surface area contributed by atoms with Gasteiger partial charge < -0.3 is 14.8 Å². The number of rotatable bonds is 7. The third-order valence-corrected chi connectivity index (χ3v) is 3.15. The first-order valence-corrected chi connectivity index (χ1v) is 6.13. The zero-order valence-corrected chi connectivity index (χ0v) is 11.5. The number of ether oxygens (including phenoxy) is 2. The van der Waals surface area contributed by atoms with Crippen molar-refractivity contribution in [1.82, 2.24) is 5.32 Å². The van der Waals surface area contributed by atoms with Crippen LogP contribution in [-0.4, -0.2) is 34.0 Å². The number of hydrogen-bond donors (Lipinski definition) is 1. The largest absolute Gasteiger partial charge is 0.382 e. The van der Waals surface area contributed by atoms with Crippen LogP contribution in [0.5, 0.6) is 0 Å². The fourth-order valence-corrected chi connectivity index (χ4v) is 1.73. The lowest BCUT2D eigenvalue weighted by atomic mass is 10.1. The minimum atomic E-state index is 0.0987. The minimum absolute atomic E-state index is 0.0987. The molecule has 1 N–H and O–H groups in total. The fraction of sp³-hybridized carbons (Fsp3) is 0.500. The molecule has 0 aliphatic heterocycles. The van der Waals surface area contributed by atoms with Gasteiger partial charge >= 0.3 is 0 Å². The van der Waals surface area contributed by atoms with Crippen LogP contribution in [0.2, 0.25) is 10.0 Å². The van der Waals surface area contributed by atoms with E-state index in [1.54, 1.807) is 13.2 Å². The average molecular weight is 278 g/mol. The van der Waals surface area contributed by atoms with Crippen LogP contribution < -0.4 is 5.32 Å². The Balaban J connectivity index is 2.56. The Morgan fingerprint density at radius 1 is 1.24 bits per heavy atom. The summed E-state index contributed by atoms with van der Waals surface area (Å²) in [7, 11) is 3.53. The van der Waals surface area contributed by atoms with Crippen LogP contribution in [0.1, 0.15) is 11.6 Å². The summed E-state index contributed by atoms with van der Waals surface area (Å²) in [6, 6.07) is 5.68. The van der Waals surface area contributed by atoms with Gasteiger partial charge in [-0.2, -0.15) is 0 Å². The Morgan fingerprint density at radius 3 is 2.59 bits per heavy atom. The van der Waals surface area contributed by atoms with E-state index in [0.717, 1.165) is 5.56 Å². The van der Waals surface area contributed by atoms with Gasteiger partial charge in [-0.05, 0) is 24.7 Å². The molecule has 5 heteroatoms. The number of hydrogen-bond acceptors (Lipinski definition) is 3. The SMILES string of the molecule is CNC(COCCOC)c1ccc(Cl)c(Cl)c1. The van der Waals surface area contributed by atoms with Crippen molar-refractivity contribution in [2.24, 2.45) is 0 Å². The topological polar surface area (TPSA) is 30.5 Å². The molecule has 0 saturated carbocycles. The van der Waals surface area contributed by atoms with Crippen molar-refractivity contribution in [2.75, 3.05) is 34.0 Å². The van der Waals surface area contributed by atoms with E-state index in [9.17, 15) is 0 Å². The highest BCUT2D eigenvalue weighted by Gasteiger charge is 2.10. The smallest absolute Gasteiger partial charge is 0.0701 e. The predicted octanol–water partition coefficient (Wildman–Crippen LogP) is 2.92. The van der Waals surface area contributed by atoms with Crippen molar-refractivity contribution in [3.8, 4) is 0 Å². The maximum atomic E-state index is 5.98. The summed E-state index contributed by atoms with van der Waals surface area (Å²) in [5, 5.41) is 4.29. The highest BCUT2D eigenvalue weighted by atomic mass is 35.5. The summed E-state index contributed by atoms with van der Waals surface area (Å²) >= 11 is 11.9. The van der Waals surface area contributed by atoms with E-state index in [4.69, 9.17) is 32.7 Å². The second kappa shape index (κ2) is 7.90. The quantitative estimate of drug-likeness (QED) is 0.778. The second-order valence-corrected chi connectivity index (χ2v) is 4.40. The third kappa shape index (κ3) is 4.82. The zero-order valence-electron chi connectivity index (χ0n) is 10.0. The Hall–Kier alpha value is -0.320. The molecule has 0 aliphatic rings. The molecule has 1 atom stereocenters. The van der Waals surface area contributed by atoms with E-state index in [1.165, 1.54) is 0 Å². The molecule has 0 aromatic heterocycles. The van der Waals surface area contributed by atoms with Gasteiger partial charge in [0.2, 0.25) is 0 Å². The van der Waals surface area contributed by atoms with Crippen LogP contribution in [0.25, 0.3) is 0 Å². The highest BCUT2D eigenvalue weighted by molar-refractivity contribution is 6.42. The summed E-state index contributed by atoms with van der Waals surface area (Å²) < 4.78 is 10.4. The Morgan fingerprint density at radius 2 is 2.00 bits per heavy atom. The van der Waals surface area contributed by atoms with Crippen molar-refractivity contribution >= 4 is 23.2 Å². The molecule has 0 radical (unpaired) electrons. The van der Waals surface area contributed by atoms with Crippen molar-refractivity contribution in [2.45, 2.75) is 6.04 Å². The first kappa shape index (κ1) is 14.7. The minimum Gasteiger partial charge on any atom is -0.382 e. The van der Waals surface area contributed by atoms with Crippen molar-refractivity contribution < 1.29 is 9.47 Å². The second-order valence-electron chi connectivity index (χ2n) is 3.58. The summed E-state index contributed by atoms with van der Waals surface area (Å²) in [6.45, 7) is 1.74. The van der Waals surface area contributed by atoms with Crippen LogP contribution in [0, 0.1) is 0 Å². The standard InChI is InChI=1S/C12H17Cl2NO2/c1-15-12(8-17-6-5-16-2)9-3-4-10(13)11(14)7-9/h3-4,7,12,15H,5-6,8H2,1-2H3. The van der Waals surface area contributed by atoms with Gasteiger partial charge in [-0.1, -0.05) is 29.3 Å². The molecule has 0 fully saturated rings. The van der Waals surface area contributed by atoms with Crippen LogP contribution >= 0.6 is 23.2 Å². The van der Waals surface area contributed by atoms with Gasteiger partial charge in [0.1, 0.15) is 0 Å². The summed E-state index contributed by atoms with van der Waals surface area (Å²) in [6.07, 6.45) is 0. The maximum Gasteiger partial charge on any atom is 0.0701 e. The molecule has 0 saturated heterocycles. The number of nitrogens with one attached hydrogen (secondary N) is 1. The third-order valence-electron chi connectivity index (χ3n) is 2.41. The van der Waals surface area contributed by atoms with Gasteiger partial charge in [-0.15, -0.1) is 0 Å². The predicted molar refractivity (Wildman–Crippen MR) is 71.0 cm³/mol. The zero-order chi connectivity index (χ0) is 12.7. The van der Waals surface area contributed by atoms with E-state index < -0.39 is 0 Å². The van der Waals surface area contributed by atoms with Gasteiger partial charge in [-0.3, -0.25) is 0 Å². The number of likely N-dealkylation sites (N-methyl/N-ethyl adjacent to an activating group) is 1. The van der Waals surface area contributed by atoms with Crippen LogP contribution in [0.4, 0.5) is 0 Å². The number of halogens is 2. The van der Waals surface area contributed by atoms with E-state index in [-0.39, 0.29) is 6.04 Å². The summed E-state index contributed by atoms with van der Waals surface area (Å²) in [5.74, 6) is 0.